The van der Waals surface area contributed by atoms with Crippen molar-refractivity contribution in [2.45, 2.75) is 33.4 Å². The van der Waals surface area contributed by atoms with Crippen molar-refractivity contribution >= 4 is 0 Å². The summed E-state index contributed by atoms with van der Waals surface area (Å²) in [4.78, 5) is 20.3. The molecule has 0 atom stereocenters. The minimum Gasteiger partial charge on any atom is -0.337 e. The molecule has 0 saturated carbocycles. The van der Waals surface area contributed by atoms with Crippen LogP contribution < -0.4 is 11.3 Å². The molecular weight excluding hydrogens is 234 g/mol. The van der Waals surface area contributed by atoms with E-state index < -0.39 is 0 Å². The van der Waals surface area contributed by atoms with E-state index in [1.54, 1.807) is 6.92 Å². The molecule has 0 fully saturated rings. The standard InChI is InChI=1S/C11H15N5O2/c1-3-9-14-10(18-15-9)5-16-6-13-8(4-12)7(2)11(16)17/h6H,3-5,12H2,1-2H3. The number of hydrogen-bond donors (Lipinski definition) is 1. The van der Waals surface area contributed by atoms with Crippen molar-refractivity contribution in [3.05, 3.63) is 39.7 Å². The Morgan fingerprint density at radius 3 is 2.89 bits per heavy atom. The summed E-state index contributed by atoms with van der Waals surface area (Å²) in [6, 6.07) is 0. The van der Waals surface area contributed by atoms with Gasteiger partial charge >= 0.3 is 0 Å². The summed E-state index contributed by atoms with van der Waals surface area (Å²) in [7, 11) is 0. The van der Waals surface area contributed by atoms with Crippen LogP contribution in [0.5, 0.6) is 0 Å². The molecule has 0 aliphatic rings. The summed E-state index contributed by atoms with van der Waals surface area (Å²) >= 11 is 0. The molecule has 0 unspecified atom stereocenters. The normalized spacial score (nSPS) is 10.8. The summed E-state index contributed by atoms with van der Waals surface area (Å²) in [5.74, 6) is 1.02. The van der Waals surface area contributed by atoms with Gasteiger partial charge in [-0.25, -0.2) is 4.98 Å². The van der Waals surface area contributed by atoms with E-state index in [9.17, 15) is 4.79 Å². The fraction of sp³-hybridized carbons (Fsp3) is 0.455. The van der Waals surface area contributed by atoms with Crippen molar-refractivity contribution < 1.29 is 4.52 Å². The first kappa shape index (κ1) is 12.4. The quantitative estimate of drug-likeness (QED) is 0.819. The molecule has 96 valence electrons. The van der Waals surface area contributed by atoms with Crippen LogP contribution in [0.2, 0.25) is 0 Å². The Morgan fingerprint density at radius 2 is 2.28 bits per heavy atom. The summed E-state index contributed by atoms with van der Waals surface area (Å²) in [6.07, 6.45) is 2.15. The number of nitrogens with zero attached hydrogens (tertiary/aromatic N) is 4. The Balaban J connectivity index is 2.29. The topological polar surface area (TPSA) is 99.8 Å². The Labute approximate surface area is 104 Å². The van der Waals surface area contributed by atoms with E-state index in [1.165, 1.54) is 10.9 Å². The highest BCUT2D eigenvalue weighted by Crippen LogP contribution is 2.01. The number of nitrogens with two attached hydrogens (primary N) is 1. The van der Waals surface area contributed by atoms with Crippen molar-refractivity contribution in [1.29, 1.82) is 0 Å². The molecule has 2 N–H and O–H groups in total. The average molecular weight is 249 g/mol. The SMILES string of the molecule is CCc1noc(Cn2cnc(CN)c(C)c2=O)n1. The maximum atomic E-state index is 12.0. The van der Waals surface area contributed by atoms with Gasteiger partial charge in [-0.3, -0.25) is 9.36 Å². The predicted octanol–water partition coefficient (Wildman–Crippen LogP) is 0.00412. The summed E-state index contributed by atoms with van der Waals surface area (Å²) in [5.41, 5.74) is 6.51. The highest BCUT2D eigenvalue weighted by molar-refractivity contribution is 5.14. The molecule has 2 aromatic heterocycles. The first-order valence-corrected chi connectivity index (χ1v) is 5.72. The van der Waals surface area contributed by atoms with Gasteiger partial charge < -0.3 is 10.3 Å². The van der Waals surface area contributed by atoms with Crippen molar-refractivity contribution in [3.63, 3.8) is 0 Å². The average Bonchev–Trinajstić information content (AvgIpc) is 2.83. The lowest BCUT2D eigenvalue weighted by Crippen LogP contribution is -2.26. The van der Waals surface area contributed by atoms with Gasteiger partial charge in [0.05, 0.1) is 12.0 Å². The van der Waals surface area contributed by atoms with E-state index in [4.69, 9.17) is 10.3 Å². The van der Waals surface area contributed by atoms with Gasteiger partial charge in [0.1, 0.15) is 6.54 Å². The third kappa shape index (κ3) is 2.30. The van der Waals surface area contributed by atoms with Crippen LogP contribution in [0.3, 0.4) is 0 Å². The molecule has 7 nitrogen and oxygen atoms in total. The zero-order valence-electron chi connectivity index (χ0n) is 10.4. The molecule has 0 spiro atoms. The number of aryl methyl sites for hydroxylation is 1. The summed E-state index contributed by atoms with van der Waals surface area (Å²) in [6.45, 7) is 4.12. The maximum absolute atomic E-state index is 12.0. The largest absolute Gasteiger partial charge is 0.337 e. The lowest BCUT2D eigenvalue weighted by molar-refractivity contribution is 0.364. The van der Waals surface area contributed by atoms with Gasteiger partial charge in [0.2, 0.25) is 5.89 Å². The van der Waals surface area contributed by atoms with Crippen LogP contribution in [0, 0.1) is 6.92 Å². The molecule has 0 bridgehead atoms. The monoisotopic (exact) mass is 249 g/mol. The van der Waals surface area contributed by atoms with Gasteiger partial charge in [-0.2, -0.15) is 4.98 Å². The minimum atomic E-state index is -0.137. The van der Waals surface area contributed by atoms with Gasteiger partial charge in [-0.05, 0) is 6.92 Å². The number of aromatic nitrogens is 4. The third-order valence-electron chi connectivity index (χ3n) is 2.69. The third-order valence-corrected chi connectivity index (χ3v) is 2.69. The van der Waals surface area contributed by atoms with Crippen LogP contribution in [0.4, 0.5) is 0 Å². The van der Waals surface area contributed by atoms with Crippen molar-refractivity contribution in [2.24, 2.45) is 5.73 Å². The van der Waals surface area contributed by atoms with Gasteiger partial charge in [0.25, 0.3) is 5.56 Å². The van der Waals surface area contributed by atoms with Crippen LogP contribution in [-0.4, -0.2) is 19.7 Å². The Bertz CT molecular complexity index is 602. The minimum absolute atomic E-state index is 0.137. The van der Waals surface area contributed by atoms with Gasteiger partial charge in [-0.1, -0.05) is 12.1 Å². The molecule has 7 heteroatoms. The first-order valence-electron chi connectivity index (χ1n) is 5.72. The van der Waals surface area contributed by atoms with E-state index in [2.05, 4.69) is 15.1 Å². The van der Waals surface area contributed by atoms with E-state index in [0.29, 0.717) is 29.4 Å². The first-order chi connectivity index (χ1) is 8.65. The van der Waals surface area contributed by atoms with Gasteiger partial charge in [0, 0.05) is 18.5 Å². The van der Waals surface area contributed by atoms with E-state index >= 15 is 0 Å². The molecular formula is C11H15N5O2. The van der Waals surface area contributed by atoms with Crippen LogP contribution >= 0.6 is 0 Å². The van der Waals surface area contributed by atoms with E-state index in [1.807, 2.05) is 6.92 Å². The van der Waals surface area contributed by atoms with Crippen LogP contribution in [0.15, 0.2) is 15.6 Å². The lowest BCUT2D eigenvalue weighted by Gasteiger charge is -2.05. The second kappa shape index (κ2) is 5.09. The molecule has 2 aromatic rings. The zero-order chi connectivity index (χ0) is 13.1. The molecule has 0 aliphatic heterocycles. The highest BCUT2D eigenvalue weighted by Gasteiger charge is 2.10. The van der Waals surface area contributed by atoms with Crippen molar-refractivity contribution in [1.82, 2.24) is 19.7 Å². The van der Waals surface area contributed by atoms with E-state index in [-0.39, 0.29) is 18.6 Å². The smallest absolute Gasteiger partial charge is 0.256 e. The fourth-order valence-corrected chi connectivity index (χ4v) is 1.59. The molecule has 2 heterocycles. The molecule has 0 aromatic carbocycles. The highest BCUT2D eigenvalue weighted by atomic mass is 16.5. The second-order valence-corrected chi connectivity index (χ2v) is 3.91. The Morgan fingerprint density at radius 1 is 1.50 bits per heavy atom. The molecule has 2 rings (SSSR count). The fourth-order valence-electron chi connectivity index (χ4n) is 1.59. The summed E-state index contributed by atoms with van der Waals surface area (Å²) < 4.78 is 6.47. The molecule has 0 saturated heterocycles. The predicted molar refractivity (Wildman–Crippen MR) is 63.9 cm³/mol. The summed E-state index contributed by atoms with van der Waals surface area (Å²) in [5, 5.41) is 3.77. The lowest BCUT2D eigenvalue weighted by atomic mass is 10.2. The van der Waals surface area contributed by atoms with Gasteiger partial charge in [-0.15, -0.1) is 0 Å². The second-order valence-electron chi connectivity index (χ2n) is 3.91. The van der Waals surface area contributed by atoms with E-state index in [0.717, 1.165) is 0 Å². The molecule has 0 aliphatic carbocycles. The van der Waals surface area contributed by atoms with Crippen LogP contribution in [-0.2, 0) is 19.5 Å². The van der Waals surface area contributed by atoms with Crippen molar-refractivity contribution in [3.8, 4) is 0 Å². The number of rotatable bonds is 4. The molecule has 0 radical (unpaired) electrons. The molecule has 0 amide bonds. The maximum Gasteiger partial charge on any atom is 0.256 e. The Kier molecular flexibility index (Phi) is 3.52. The molecule has 18 heavy (non-hydrogen) atoms. The van der Waals surface area contributed by atoms with Crippen molar-refractivity contribution in [2.75, 3.05) is 0 Å². The zero-order valence-corrected chi connectivity index (χ0v) is 10.4. The van der Waals surface area contributed by atoms with Crippen LogP contribution in [0.1, 0.15) is 29.9 Å². The Hall–Kier alpha value is -2.02. The van der Waals surface area contributed by atoms with Gasteiger partial charge in [0.15, 0.2) is 5.82 Å². The number of hydrogen-bond acceptors (Lipinski definition) is 6. The van der Waals surface area contributed by atoms with Crippen LogP contribution in [0.25, 0.3) is 0 Å².